The van der Waals surface area contributed by atoms with E-state index in [0.29, 0.717) is 24.5 Å². The lowest BCUT2D eigenvalue weighted by atomic mass is 10.1. The van der Waals surface area contributed by atoms with Crippen LogP contribution in [0.3, 0.4) is 0 Å². The van der Waals surface area contributed by atoms with E-state index in [1.54, 1.807) is 24.7 Å². The summed E-state index contributed by atoms with van der Waals surface area (Å²) in [7, 11) is 2.12. The zero-order valence-corrected chi connectivity index (χ0v) is 21.3. The maximum absolute atomic E-state index is 12.9. The summed E-state index contributed by atoms with van der Waals surface area (Å²) in [6.45, 7) is 6.04. The summed E-state index contributed by atoms with van der Waals surface area (Å²) in [6, 6.07) is 7.52. The van der Waals surface area contributed by atoms with Crippen LogP contribution < -0.4 is 10.2 Å². The van der Waals surface area contributed by atoms with Crippen LogP contribution in [0.5, 0.6) is 0 Å². The molecule has 0 bridgehead atoms. The van der Waals surface area contributed by atoms with Crippen LogP contribution >= 0.6 is 0 Å². The molecule has 2 aliphatic rings. The second-order valence-corrected chi connectivity index (χ2v) is 9.83. The van der Waals surface area contributed by atoms with E-state index in [4.69, 9.17) is 0 Å². The Morgan fingerprint density at radius 3 is 2.58 bits per heavy atom. The maximum atomic E-state index is 12.9. The van der Waals surface area contributed by atoms with Crippen LogP contribution in [0.2, 0.25) is 0 Å². The quantitative estimate of drug-likeness (QED) is 0.419. The van der Waals surface area contributed by atoms with Gasteiger partial charge in [0, 0.05) is 75.4 Å². The van der Waals surface area contributed by atoms with Gasteiger partial charge in [-0.05, 0) is 36.7 Å². The van der Waals surface area contributed by atoms with Crippen LogP contribution in [-0.4, -0.2) is 93.4 Å². The van der Waals surface area contributed by atoms with Crippen molar-refractivity contribution in [1.82, 2.24) is 34.5 Å². The lowest BCUT2D eigenvalue weighted by molar-refractivity contribution is 0.102. The van der Waals surface area contributed by atoms with Gasteiger partial charge in [0.15, 0.2) is 0 Å². The fourth-order valence-electron chi connectivity index (χ4n) is 5.01. The van der Waals surface area contributed by atoms with Crippen LogP contribution in [0, 0.1) is 0 Å². The molecule has 0 unspecified atom stereocenters. The van der Waals surface area contributed by atoms with Crippen molar-refractivity contribution in [2.24, 2.45) is 0 Å². The van der Waals surface area contributed by atoms with Crippen molar-refractivity contribution in [1.29, 1.82) is 0 Å². The summed E-state index contributed by atoms with van der Waals surface area (Å²) in [6.07, 6.45) is 6.91. The molecule has 1 N–H and O–H groups in total. The minimum absolute atomic E-state index is 0.262. The van der Waals surface area contributed by atoms with Crippen LogP contribution in [0.25, 0.3) is 22.0 Å². The first-order chi connectivity index (χ1) is 18.6. The van der Waals surface area contributed by atoms with Gasteiger partial charge in [-0.15, -0.1) is 0 Å². The Kier molecular flexibility index (Phi) is 6.69. The first kappa shape index (κ1) is 24.4. The summed E-state index contributed by atoms with van der Waals surface area (Å²) < 4.78 is 14.9. The number of nitrogens with one attached hydrogen (secondary N) is 1. The highest BCUT2D eigenvalue weighted by Crippen LogP contribution is 2.28. The summed E-state index contributed by atoms with van der Waals surface area (Å²) in [5, 5.41) is 9.17. The van der Waals surface area contributed by atoms with Crippen molar-refractivity contribution >= 4 is 28.3 Å². The van der Waals surface area contributed by atoms with Crippen LogP contribution in [0.4, 0.5) is 16.0 Å². The number of fused-ring (bicyclic) bond motifs is 2. The Bertz CT molecular complexity index is 1450. The topological polar surface area (TPSA) is 95.3 Å². The molecule has 0 atom stereocenters. The van der Waals surface area contributed by atoms with Crippen molar-refractivity contribution in [2.45, 2.75) is 13.1 Å². The third kappa shape index (κ3) is 4.94. The molecule has 196 valence electrons. The summed E-state index contributed by atoms with van der Waals surface area (Å²) in [5.41, 5.74) is 3.23. The Hall–Kier alpha value is -3.96. The van der Waals surface area contributed by atoms with Crippen LogP contribution in [0.1, 0.15) is 16.1 Å². The summed E-state index contributed by atoms with van der Waals surface area (Å²) in [4.78, 5) is 33.1. The number of hydrogen-bond acceptors (Lipinski definition) is 8. The molecule has 10 nitrogen and oxygen atoms in total. The van der Waals surface area contributed by atoms with E-state index in [1.807, 2.05) is 29.1 Å². The largest absolute Gasteiger partial charge is 0.354 e. The number of alkyl halides is 1. The number of halogens is 1. The van der Waals surface area contributed by atoms with Gasteiger partial charge in [0.2, 0.25) is 0 Å². The zero-order chi connectivity index (χ0) is 26.1. The minimum Gasteiger partial charge on any atom is -0.354 e. The average Bonchev–Trinajstić information content (AvgIpc) is 3.37. The summed E-state index contributed by atoms with van der Waals surface area (Å²) in [5.74, 6) is 1.07. The third-order valence-electron chi connectivity index (χ3n) is 7.31. The first-order valence-electron chi connectivity index (χ1n) is 12.9. The van der Waals surface area contributed by atoms with Crippen LogP contribution in [0.15, 0.2) is 49.1 Å². The van der Waals surface area contributed by atoms with Gasteiger partial charge in [0.05, 0.1) is 29.7 Å². The van der Waals surface area contributed by atoms with Gasteiger partial charge >= 0.3 is 0 Å². The third-order valence-corrected chi connectivity index (χ3v) is 7.31. The molecular weight excluding hydrogens is 485 g/mol. The number of nitrogens with zero attached hydrogens (tertiary/aromatic N) is 8. The van der Waals surface area contributed by atoms with Gasteiger partial charge in [-0.1, -0.05) is 0 Å². The Morgan fingerprint density at radius 1 is 0.947 bits per heavy atom. The van der Waals surface area contributed by atoms with Crippen molar-refractivity contribution in [3.63, 3.8) is 0 Å². The SMILES string of the molecule is CN1CCN(c2ccc(C(=O)Nc3cc4cc(-c5cnn6c5CN(CCF)CC6)ncc4cn3)cn2)CC1. The Balaban J connectivity index is 1.19. The average molecular weight is 516 g/mol. The van der Waals surface area contributed by atoms with Crippen molar-refractivity contribution in [3.05, 3.63) is 60.3 Å². The smallest absolute Gasteiger partial charge is 0.258 e. The molecule has 0 aromatic carbocycles. The van der Waals surface area contributed by atoms with Crippen molar-refractivity contribution < 1.29 is 9.18 Å². The van der Waals surface area contributed by atoms with Gasteiger partial charge in [0.1, 0.15) is 18.3 Å². The van der Waals surface area contributed by atoms with E-state index in [0.717, 1.165) is 72.8 Å². The van der Waals surface area contributed by atoms with Gasteiger partial charge in [-0.25, -0.2) is 14.4 Å². The highest BCUT2D eigenvalue weighted by molar-refractivity contribution is 6.04. The number of rotatable bonds is 6. The first-order valence-corrected chi connectivity index (χ1v) is 12.9. The molecule has 0 saturated carbocycles. The van der Waals surface area contributed by atoms with Gasteiger partial charge in [0.25, 0.3) is 5.91 Å². The summed E-state index contributed by atoms with van der Waals surface area (Å²) >= 11 is 0. The van der Waals surface area contributed by atoms with Gasteiger partial charge < -0.3 is 15.1 Å². The number of amides is 1. The van der Waals surface area contributed by atoms with Crippen molar-refractivity contribution in [2.75, 3.05) is 63.2 Å². The molecule has 4 aromatic rings. The van der Waals surface area contributed by atoms with E-state index >= 15 is 0 Å². The van der Waals surface area contributed by atoms with E-state index in [9.17, 15) is 9.18 Å². The van der Waals surface area contributed by atoms with Crippen molar-refractivity contribution in [3.8, 4) is 11.3 Å². The fraction of sp³-hybridized carbons (Fsp3) is 0.370. The predicted molar refractivity (Wildman–Crippen MR) is 144 cm³/mol. The Labute approximate surface area is 220 Å². The van der Waals surface area contributed by atoms with Crippen LogP contribution in [-0.2, 0) is 13.1 Å². The number of carbonyl (C=O) groups is 1. The second-order valence-electron chi connectivity index (χ2n) is 9.83. The highest BCUT2D eigenvalue weighted by Gasteiger charge is 2.22. The number of anilines is 2. The van der Waals surface area contributed by atoms with E-state index in [2.05, 4.69) is 47.1 Å². The molecule has 0 spiro atoms. The predicted octanol–water partition coefficient (Wildman–Crippen LogP) is 2.68. The maximum Gasteiger partial charge on any atom is 0.258 e. The fourth-order valence-corrected chi connectivity index (χ4v) is 5.01. The molecular formula is C27H30FN9O. The molecule has 0 aliphatic carbocycles. The minimum atomic E-state index is -0.365. The highest BCUT2D eigenvalue weighted by atomic mass is 19.1. The number of carbonyl (C=O) groups excluding carboxylic acids is 1. The number of pyridine rings is 3. The lowest BCUT2D eigenvalue weighted by Crippen LogP contribution is -2.44. The number of piperazine rings is 1. The molecule has 2 aliphatic heterocycles. The number of hydrogen-bond donors (Lipinski definition) is 1. The van der Waals surface area contributed by atoms with Gasteiger partial charge in [-0.3, -0.25) is 19.4 Å². The lowest BCUT2D eigenvalue weighted by Gasteiger charge is -2.33. The molecule has 0 radical (unpaired) electrons. The number of likely N-dealkylation sites (N-methyl/N-ethyl adjacent to an activating group) is 1. The van der Waals surface area contributed by atoms with Gasteiger partial charge in [-0.2, -0.15) is 5.10 Å². The second kappa shape index (κ2) is 10.4. The zero-order valence-electron chi connectivity index (χ0n) is 21.3. The normalized spacial score (nSPS) is 16.5. The molecule has 6 heterocycles. The molecule has 6 rings (SSSR count). The standard InChI is InChI=1S/C27H30FN9O/c1-34-6-9-36(10-7-34)26-3-2-19(14-31-26)27(38)33-25-13-20-12-23(29-15-21(20)16-30-25)22-17-32-37-11-8-35(5-4-28)18-24(22)37/h2-3,12-17H,4-11,18H2,1H3,(H,30,33,38). The molecule has 4 aromatic heterocycles. The Morgan fingerprint density at radius 2 is 1.79 bits per heavy atom. The molecule has 1 amide bonds. The van der Waals surface area contributed by atoms with E-state index in [1.165, 1.54) is 0 Å². The number of aromatic nitrogens is 5. The molecule has 1 fully saturated rings. The molecule has 38 heavy (non-hydrogen) atoms. The monoisotopic (exact) mass is 515 g/mol. The van der Waals surface area contributed by atoms with E-state index in [-0.39, 0.29) is 12.6 Å². The molecule has 1 saturated heterocycles. The van der Waals surface area contributed by atoms with E-state index < -0.39 is 0 Å². The molecule has 11 heteroatoms.